The Bertz CT molecular complexity index is 1070. The molecule has 2 heterocycles. The van der Waals surface area contributed by atoms with Gasteiger partial charge in [-0.25, -0.2) is 5.43 Å². The number of hydrogen-bond acceptors (Lipinski definition) is 6. The third-order valence-electron chi connectivity index (χ3n) is 6.98. The summed E-state index contributed by atoms with van der Waals surface area (Å²) in [5, 5.41) is 15.7. The van der Waals surface area contributed by atoms with E-state index in [1.54, 1.807) is 0 Å². The summed E-state index contributed by atoms with van der Waals surface area (Å²) in [7, 11) is 1.83. The van der Waals surface area contributed by atoms with E-state index in [0.29, 0.717) is 16.8 Å². The second-order valence-electron chi connectivity index (χ2n) is 9.18. The number of carboxylic acid groups (broad SMARTS) is 1. The Morgan fingerprint density at radius 1 is 1.35 bits per heavy atom. The van der Waals surface area contributed by atoms with Gasteiger partial charge in [-0.05, 0) is 60.7 Å². The van der Waals surface area contributed by atoms with Crippen LogP contribution in [0.1, 0.15) is 47.4 Å². The number of piperidine rings is 1. The van der Waals surface area contributed by atoms with Crippen LogP contribution in [0.15, 0.2) is 42.6 Å². The maximum Gasteiger partial charge on any atom is 0.304 e. The van der Waals surface area contributed by atoms with Gasteiger partial charge in [-0.3, -0.25) is 9.69 Å². The Hall–Kier alpha value is -2.74. The first-order valence-electron chi connectivity index (χ1n) is 11.8. The molecule has 1 fully saturated rings. The van der Waals surface area contributed by atoms with E-state index in [2.05, 4.69) is 39.0 Å². The van der Waals surface area contributed by atoms with Crippen molar-refractivity contribution >= 4 is 28.9 Å². The molecule has 2 atom stereocenters. The van der Waals surface area contributed by atoms with Gasteiger partial charge in [0.25, 0.3) is 0 Å². The molecule has 1 saturated heterocycles. The van der Waals surface area contributed by atoms with E-state index in [4.69, 9.17) is 17.3 Å². The molecule has 0 radical (unpaired) electrons. The average molecular weight is 484 g/mol. The van der Waals surface area contributed by atoms with E-state index in [9.17, 15) is 9.90 Å². The van der Waals surface area contributed by atoms with Gasteiger partial charge in [0.2, 0.25) is 0 Å². The molecule has 5 N–H and O–H groups in total. The summed E-state index contributed by atoms with van der Waals surface area (Å²) < 4.78 is 0. The number of nitrogens with zero attached hydrogens (tertiary/aromatic N) is 2. The summed E-state index contributed by atoms with van der Waals surface area (Å²) in [6, 6.07) is 10.2. The minimum Gasteiger partial charge on any atom is -0.481 e. The van der Waals surface area contributed by atoms with Crippen molar-refractivity contribution in [2.45, 2.75) is 44.7 Å². The van der Waals surface area contributed by atoms with Crippen molar-refractivity contribution in [3.8, 4) is 0 Å². The zero-order chi connectivity index (χ0) is 24.2. The molecule has 0 saturated carbocycles. The molecule has 8 heteroatoms. The van der Waals surface area contributed by atoms with Crippen molar-refractivity contribution in [1.29, 1.82) is 0 Å². The van der Waals surface area contributed by atoms with E-state index in [0.717, 1.165) is 67.0 Å². The van der Waals surface area contributed by atoms with Crippen molar-refractivity contribution in [2.75, 3.05) is 37.7 Å². The van der Waals surface area contributed by atoms with Gasteiger partial charge in [-0.15, -0.1) is 0 Å². The van der Waals surface area contributed by atoms with Crippen molar-refractivity contribution in [1.82, 2.24) is 15.3 Å². The molecule has 0 aromatic heterocycles. The van der Waals surface area contributed by atoms with E-state index < -0.39 is 5.97 Å². The van der Waals surface area contributed by atoms with E-state index >= 15 is 0 Å². The normalized spacial score (nSPS) is 19.4. The number of hydrazine groups is 1. The maximum atomic E-state index is 11.8. The summed E-state index contributed by atoms with van der Waals surface area (Å²) in [4.78, 5) is 14.2. The van der Waals surface area contributed by atoms with Gasteiger partial charge in [-0.1, -0.05) is 35.9 Å². The lowest BCUT2D eigenvalue weighted by Crippen LogP contribution is -2.48. The number of carbonyl (C=O) groups is 1. The fraction of sp³-hybridized carbons (Fsp3) is 0.423. The molecule has 0 aliphatic carbocycles. The Balaban J connectivity index is 1.60. The van der Waals surface area contributed by atoms with E-state index in [1.807, 2.05) is 38.2 Å². The van der Waals surface area contributed by atoms with Gasteiger partial charge in [0.15, 0.2) is 0 Å². The van der Waals surface area contributed by atoms with Crippen LogP contribution in [0, 0.1) is 6.92 Å². The van der Waals surface area contributed by atoms with Gasteiger partial charge in [0, 0.05) is 43.8 Å². The van der Waals surface area contributed by atoms with Crippen LogP contribution in [0.25, 0.3) is 0 Å². The Morgan fingerprint density at radius 2 is 2.18 bits per heavy atom. The molecule has 2 aromatic carbocycles. The Labute approximate surface area is 206 Å². The number of benzene rings is 2. The van der Waals surface area contributed by atoms with E-state index in [1.165, 1.54) is 0 Å². The number of nitrogen functional groups attached to an aromatic ring is 1. The molecule has 0 spiro atoms. The first kappa shape index (κ1) is 24.4. The fourth-order valence-electron chi connectivity index (χ4n) is 5.13. The number of carboxylic acids is 1. The second-order valence-corrected chi connectivity index (χ2v) is 9.58. The second kappa shape index (κ2) is 10.7. The van der Waals surface area contributed by atoms with Gasteiger partial charge in [0.1, 0.15) is 0 Å². The highest BCUT2D eigenvalue weighted by Crippen LogP contribution is 2.37. The SMILES string of the molecule is CNc1ccc(C(CC(=O)O)c2ccc(Cl)c(CN3CCCC(N4C=CCN4)C3)c2)c(C)c1N. The number of likely N-dealkylation sites (tertiary alicyclic amines) is 1. The molecular weight excluding hydrogens is 450 g/mol. The topological polar surface area (TPSA) is 93.9 Å². The van der Waals surface area contributed by atoms with Gasteiger partial charge in [-0.2, -0.15) is 0 Å². The molecule has 2 aliphatic heterocycles. The summed E-state index contributed by atoms with van der Waals surface area (Å²) in [6.07, 6.45) is 6.54. The Morgan fingerprint density at radius 3 is 2.88 bits per heavy atom. The predicted octanol–water partition coefficient (Wildman–Crippen LogP) is 4.18. The highest BCUT2D eigenvalue weighted by atomic mass is 35.5. The molecule has 2 aliphatic rings. The van der Waals surface area contributed by atoms with Crippen LogP contribution >= 0.6 is 11.6 Å². The molecule has 0 amide bonds. The summed E-state index contributed by atoms with van der Waals surface area (Å²) in [5.74, 6) is -1.16. The van der Waals surface area contributed by atoms with Crippen molar-refractivity contribution in [2.24, 2.45) is 0 Å². The lowest BCUT2D eigenvalue weighted by molar-refractivity contribution is -0.137. The summed E-state index contributed by atoms with van der Waals surface area (Å²) in [5.41, 5.74) is 15.0. The lowest BCUT2D eigenvalue weighted by Gasteiger charge is -2.37. The zero-order valence-electron chi connectivity index (χ0n) is 19.9. The van der Waals surface area contributed by atoms with Crippen molar-refractivity contribution < 1.29 is 9.90 Å². The predicted molar refractivity (Wildman–Crippen MR) is 138 cm³/mol. The average Bonchev–Trinajstić information content (AvgIpc) is 3.36. The number of nitrogens with one attached hydrogen (secondary N) is 2. The standard InChI is InChI=1S/C26H34ClN5O2/c1-17-21(7-9-24(29-2)26(17)28)22(14-25(33)34)18-6-8-23(27)19(13-18)15-31-11-3-5-20(16-31)32-12-4-10-30-32/h4,6-9,12-13,20,22,29-30H,3,5,10-11,14-16,28H2,1-2H3,(H,33,34). The van der Waals surface area contributed by atoms with Crippen LogP contribution in [-0.2, 0) is 11.3 Å². The highest BCUT2D eigenvalue weighted by Gasteiger charge is 2.26. The largest absolute Gasteiger partial charge is 0.481 e. The summed E-state index contributed by atoms with van der Waals surface area (Å²) in [6.45, 7) is 5.55. The number of hydrogen-bond donors (Lipinski definition) is 4. The van der Waals surface area contributed by atoms with Gasteiger partial charge in [0.05, 0.1) is 23.8 Å². The lowest BCUT2D eigenvalue weighted by atomic mass is 9.84. The van der Waals surface area contributed by atoms with Crippen LogP contribution in [0.5, 0.6) is 0 Å². The minimum atomic E-state index is -0.845. The molecule has 4 rings (SSSR count). The quantitative estimate of drug-likeness (QED) is 0.418. The van der Waals surface area contributed by atoms with Crippen LogP contribution < -0.4 is 16.5 Å². The van der Waals surface area contributed by atoms with Crippen molar-refractivity contribution in [3.05, 3.63) is 69.9 Å². The smallest absolute Gasteiger partial charge is 0.304 e. The molecule has 2 unspecified atom stereocenters. The van der Waals surface area contributed by atoms with Crippen LogP contribution in [0.4, 0.5) is 11.4 Å². The van der Waals surface area contributed by atoms with Gasteiger partial charge >= 0.3 is 5.97 Å². The number of aliphatic carboxylic acids is 1. The number of rotatable bonds is 8. The van der Waals surface area contributed by atoms with Crippen LogP contribution in [-0.4, -0.2) is 53.7 Å². The van der Waals surface area contributed by atoms with Crippen LogP contribution in [0.3, 0.4) is 0 Å². The zero-order valence-corrected chi connectivity index (χ0v) is 20.6. The summed E-state index contributed by atoms with van der Waals surface area (Å²) >= 11 is 6.63. The molecule has 34 heavy (non-hydrogen) atoms. The number of nitrogens with two attached hydrogens (primary N) is 1. The fourth-order valence-corrected chi connectivity index (χ4v) is 5.30. The highest BCUT2D eigenvalue weighted by molar-refractivity contribution is 6.31. The van der Waals surface area contributed by atoms with E-state index in [-0.39, 0.29) is 12.3 Å². The first-order chi connectivity index (χ1) is 16.4. The molecule has 7 nitrogen and oxygen atoms in total. The third-order valence-corrected chi connectivity index (χ3v) is 7.35. The first-order valence-corrected chi connectivity index (χ1v) is 12.2. The molecule has 2 aromatic rings. The van der Waals surface area contributed by atoms with Gasteiger partial charge < -0.3 is 21.2 Å². The molecule has 0 bridgehead atoms. The Kier molecular flexibility index (Phi) is 7.66. The van der Waals surface area contributed by atoms with Crippen molar-refractivity contribution in [3.63, 3.8) is 0 Å². The maximum absolute atomic E-state index is 11.8. The molecule has 182 valence electrons. The number of anilines is 2. The number of halogens is 1. The third kappa shape index (κ3) is 5.32. The minimum absolute atomic E-state index is 0.0149. The molecular formula is C26H34ClN5O2. The van der Waals surface area contributed by atoms with Crippen LogP contribution in [0.2, 0.25) is 5.02 Å². The monoisotopic (exact) mass is 483 g/mol.